The van der Waals surface area contributed by atoms with Crippen LogP contribution in [0.15, 0.2) is 41.6 Å². The van der Waals surface area contributed by atoms with Gasteiger partial charge in [0.25, 0.3) is 0 Å². The molecule has 0 bridgehead atoms. The Labute approximate surface area is 169 Å². The van der Waals surface area contributed by atoms with Crippen LogP contribution in [0.3, 0.4) is 0 Å². The first-order valence-corrected chi connectivity index (χ1v) is 9.35. The van der Waals surface area contributed by atoms with E-state index in [1.165, 1.54) is 0 Å². The fraction of sp³-hybridized carbons (Fsp3) is 0.333. The Hall–Kier alpha value is -3.26. The molecule has 0 aliphatic heterocycles. The van der Waals surface area contributed by atoms with Crippen LogP contribution in [-0.2, 0) is 11.2 Å². The summed E-state index contributed by atoms with van der Waals surface area (Å²) in [6.07, 6.45) is 1.61. The lowest BCUT2D eigenvalue weighted by atomic mass is 9.96. The summed E-state index contributed by atoms with van der Waals surface area (Å²) >= 11 is 0. The van der Waals surface area contributed by atoms with Gasteiger partial charge < -0.3 is 31.2 Å². The number of aliphatic hydroxyl groups is 1. The van der Waals surface area contributed by atoms with Crippen molar-refractivity contribution in [1.29, 1.82) is 0 Å². The van der Waals surface area contributed by atoms with E-state index >= 15 is 0 Å². The van der Waals surface area contributed by atoms with E-state index in [0.29, 0.717) is 22.6 Å². The van der Waals surface area contributed by atoms with Gasteiger partial charge in [-0.1, -0.05) is 30.1 Å². The van der Waals surface area contributed by atoms with Crippen LogP contribution < -0.4 is 15.8 Å². The van der Waals surface area contributed by atoms with Crippen LogP contribution in [-0.4, -0.2) is 40.4 Å². The van der Waals surface area contributed by atoms with Gasteiger partial charge in [-0.2, -0.15) is 0 Å². The van der Waals surface area contributed by atoms with Gasteiger partial charge in [-0.25, -0.2) is 4.79 Å². The van der Waals surface area contributed by atoms with E-state index in [2.05, 4.69) is 10.5 Å². The zero-order valence-corrected chi connectivity index (χ0v) is 16.6. The quantitative estimate of drug-likeness (QED) is 0.179. The Morgan fingerprint density at radius 3 is 2.52 bits per heavy atom. The fourth-order valence-corrected chi connectivity index (χ4v) is 3.11. The lowest BCUT2D eigenvalue weighted by molar-refractivity contribution is -0.138. The molecule has 0 aliphatic rings. The molecule has 0 spiro atoms. The van der Waals surface area contributed by atoms with Crippen molar-refractivity contribution in [3.05, 3.63) is 58.7 Å². The smallest absolute Gasteiger partial charge is 0.330 e. The van der Waals surface area contributed by atoms with Crippen LogP contribution >= 0.6 is 0 Å². The van der Waals surface area contributed by atoms with Crippen LogP contribution in [0.2, 0.25) is 0 Å². The lowest BCUT2D eigenvalue weighted by Gasteiger charge is -2.22. The number of aliphatic carboxylic acids is 1. The number of oxime groups is 1. The molecule has 1 atom stereocenters. The van der Waals surface area contributed by atoms with Gasteiger partial charge in [0.15, 0.2) is 11.9 Å². The number of ether oxygens (including phenoxy) is 1. The normalized spacial score (nSPS) is 12.4. The van der Waals surface area contributed by atoms with Crippen molar-refractivity contribution < 1.29 is 25.0 Å². The Kier molecular flexibility index (Phi) is 7.85. The van der Waals surface area contributed by atoms with Crippen molar-refractivity contribution in [2.75, 3.05) is 18.5 Å². The molecule has 0 saturated carbocycles. The summed E-state index contributed by atoms with van der Waals surface area (Å²) < 4.78 is 5.75. The Balaban J connectivity index is 2.44. The Morgan fingerprint density at radius 2 is 1.97 bits per heavy atom. The first-order valence-electron chi connectivity index (χ1n) is 9.35. The molecule has 0 aliphatic carbocycles. The molecule has 29 heavy (non-hydrogen) atoms. The van der Waals surface area contributed by atoms with Gasteiger partial charge in [-0.3, -0.25) is 0 Å². The van der Waals surface area contributed by atoms with Gasteiger partial charge >= 0.3 is 5.97 Å². The van der Waals surface area contributed by atoms with Crippen molar-refractivity contribution in [3.63, 3.8) is 0 Å². The molecule has 0 amide bonds. The minimum atomic E-state index is -1.06. The molecule has 0 fully saturated rings. The number of amidine groups is 1. The summed E-state index contributed by atoms with van der Waals surface area (Å²) in [5.74, 6) is -0.610. The van der Waals surface area contributed by atoms with Crippen LogP contribution in [0.4, 0.5) is 5.69 Å². The highest BCUT2D eigenvalue weighted by Crippen LogP contribution is 2.34. The van der Waals surface area contributed by atoms with Gasteiger partial charge in [0.05, 0.1) is 6.61 Å². The number of nitrogens with one attached hydrogen (secondary N) is 1. The monoisotopic (exact) mass is 401 g/mol. The molecule has 0 saturated heterocycles. The summed E-state index contributed by atoms with van der Waals surface area (Å²) in [7, 11) is 0. The molecule has 0 aromatic heterocycles. The first kappa shape index (κ1) is 22.0. The highest BCUT2D eigenvalue weighted by Gasteiger charge is 2.26. The fourth-order valence-electron chi connectivity index (χ4n) is 3.11. The minimum Gasteiger partial charge on any atom is -0.491 e. The summed E-state index contributed by atoms with van der Waals surface area (Å²) in [4.78, 5) is 12.1. The molecule has 2 aromatic rings. The second-order valence-corrected chi connectivity index (χ2v) is 6.64. The molecule has 0 radical (unpaired) electrons. The van der Waals surface area contributed by atoms with Gasteiger partial charge in [-0.05, 0) is 49.2 Å². The third kappa shape index (κ3) is 5.61. The number of carboxylic acid groups (broad SMARTS) is 1. The summed E-state index contributed by atoms with van der Waals surface area (Å²) in [6, 6.07) is 9.25. The van der Waals surface area contributed by atoms with E-state index in [9.17, 15) is 15.0 Å². The highest BCUT2D eigenvalue weighted by molar-refractivity contribution is 5.97. The average Bonchev–Trinajstić information content (AvgIpc) is 2.71. The minimum absolute atomic E-state index is 0.0334. The maximum atomic E-state index is 12.1. The second-order valence-electron chi connectivity index (χ2n) is 6.64. The van der Waals surface area contributed by atoms with Gasteiger partial charge in [0, 0.05) is 16.8 Å². The SMILES string of the molecule is CCCc1cc(C)cc(C(Nc2ccc(/C(N)=N/O)cc2)C(=O)O)c1OCCO. The van der Waals surface area contributed by atoms with Gasteiger partial charge in [0.1, 0.15) is 12.4 Å². The second kappa shape index (κ2) is 10.3. The molecular formula is C21H27N3O5. The number of rotatable bonds is 10. The predicted octanol–water partition coefficient (Wildman–Crippen LogP) is 2.65. The number of anilines is 1. The van der Waals surface area contributed by atoms with Crippen LogP contribution in [0.1, 0.15) is 41.6 Å². The van der Waals surface area contributed by atoms with E-state index in [1.807, 2.05) is 19.9 Å². The maximum absolute atomic E-state index is 12.1. The van der Waals surface area contributed by atoms with Gasteiger partial charge in [0.2, 0.25) is 0 Å². The number of nitrogens with zero attached hydrogens (tertiary/aromatic N) is 1. The third-order valence-corrected chi connectivity index (χ3v) is 4.35. The van der Waals surface area contributed by atoms with Crippen molar-refractivity contribution in [3.8, 4) is 5.75 Å². The third-order valence-electron chi connectivity index (χ3n) is 4.35. The molecule has 0 heterocycles. The topological polar surface area (TPSA) is 137 Å². The maximum Gasteiger partial charge on any atom is 0.330 e. The molecule has 8 nitrogen and oxygen atoms in total. The van der Waals surface area contributed by atoms with Crippen LogP contribution in [0, 0.1) is 6.92 Å². The van der Waals surface area contributed by atoms with Crippen molar-refractivity contribution in [2.45, 2.75) is 32.7 Å². The zero-order chi connectivity index (χ0) is 21.4. The first-order chi connectivity index (χ1) is 13.9. The summed E-state index contributed by atoms with van der Waals surface area (Å²) in [6.45, 7) is 3.85. The number of benzene rings is 2. The predicted molar refractivity (Wildman–Crippen MR) is 111 cm³/mol. The Morgan fingerprint density at radius 1 is 1.28 bits per heavy atom. The van der Waals surface area contributed by atoms with Crippen molar-refractivity contribution in [2.24, 2.45) is 10.9 Å². The van der Waals surface area contributed by atoms with Crippen molar-refractivity contribution >= 4 is 17.5 Å². The van der Waals surface area contributed by atoms with E-state index in [0.717, 1.165) is 24.0 Å². The lowest BCUT2D eigenvalue weighted by Crippen LogP contribution is -2.22. The molecule has 1 unspecified atom stereocenters. The van der Waals surface area contributed by atoms with Gasteiger partial charge in [-0.15, -0.1) is 0 Å². The molecule has 6 N–H and O–H groups in total. The molecular weight excluding hydrogens is 374 g/mol. The van der Waals surface area contributed by atoms with Crippen molar-refractivity contribution in [1.82, 2.24) is 0 Å². The number of carbonyl (C=O) groups is 1. The molecule has 8 heteroatoms. The standard InChI is InChI=1S/C21H27N3O5/c1-3-4-15-11-13(2)12-17(19(15)29-10-9-25)18(21(26)27)23-16-7-5-14(6-8-16)20(22)24-28/h5-8,11-12,18,23,25,28H,3-4,9-10H2,1-2H3,(H2,22,24)(H,26,27). The number of hydrogen-bond acceptors (Lipinski definition) is 6. The zero-order valence-electron chi connectivity index (χ0n) is 16.6. The van der Waals surface area contributed by atoms with E-state index < -0.39 is 12.0 Å². The average molecular weight is 401 g/mol. The number of nitrogens with two attached hydrogens (primary N) is 1. The number of aryl methyl sites for hydroxylation is 2. The van der Waals surface area contributed by atoms with Crippen LogP contribution in [0.5, 0.6) is 5.75 Å². The Bertz CT molecular complexity index is 865. The van der Waals surface area contributed by atoms with E-state index in [-0.39, 0.29) is 19.0 Å². The number of aliphatic hydroxyl groups excluding tert-OH is 1. The van der Waals surface area contributed by atoms with E-state index in [1.54, 1.807) is 30.3 Å². The van der Waals surface area contributed by atoms with E-state index in [4.69, 9.17) is 15.7 Å². The van der Waals surface area contributed by atoms with Crippen LogP contribution in [0.25, 0.3) is 0 Å². The number of hydrogen-bond donors (Lipinski definition) is 5. The molecule has 2 rings (SSSR count). The molecule has 2 aromatic carbocycles. The molecule has 156 valence electrons. The highest BCUT2D eigenvalue weighted by atomic mass is 16.5. The largest absolute Gasteiger partial charge is 0.491 e. The number of carboxylic acids is 1. The summed E-state index contributed by atoms with van der Waals surface area (Å²) in [5.41, 5.74) is 8.96. The summed E-state index contributed by atoms with van der Waals surface area (Å²) in [5, 5.41) is 33.8.